The highest BCUT2D eigenvalue weighted by Crippen LogP contribution is 2.22. The number of hydrogen-bond acceptors (Lipinski definition) is 4. The standard InChI is InChI=1S/C18H21N3O3/c1-4-15-19-12(3)17(24-15)18(23)20-13-9-16(22)21(10-13)14-7-5-11(2)6-8-14/h5-8,13H,4,9-10H2,1-3H3,(H,20,23)/t13-/m0/s1. The Hall–Kier alpha value is -2.63. The van der Waals surface area contributed by atoms with Crippen LogP contribution in [0, 0.1) is 13.8 Å². The molecule has 1 fully saturated rings. The summed E-state index contributed by atoms with van der Waals surface area (Å²) in [6.45, 7) is 6.13. The molecule has 1 aliphatic heterocycles. The number of oxazole rings is 1. The van der Waals surface area contributed by atoms with E-state index in [-0.39, 0.29) is 30.0 Å². The van der Waals surface area contributed by atoms with Crippen molar-refractivity contribution in [1.29, 1.82) is 0 Å². The number of nitrogens with one attached hydrogen (secondary N) is 1. The fourth-order valence-corrected chi connectivity index (χ4v) is 2.84. The first kappa shape index (κ1) is 16.2. The first-order valence-electron chi connectivity index (χ1n) is 8.12. The normalized spacial score (nSPS) is 17.4. The van der Waals surface area contributed by atoms with E-state index in [4.69, 9.17) is 4.42 Å². The van der Waals surface area contributed by atoms with Crippen LogP contribution in [-0.2, 0) is 11.2 Å². The Balaban J connectivity index is 1.68. The van der Waals surface area contributed by atoms with Gasteiger partial charge < -0.3 is 14.6 Å². The van der Waals surface area contributed by atoms with Crippen molar-refractivity contribution in [2.24, 2.45) is 0 Å². The van der Waals surface area contributed by atoms with Gasteiger partial charge in [-0.05, 0) is 26.0 Å². The molecule has 126 valence electrons. The number of carbonyl (C=O) groups excluding carboxylic acids is 2. The third-order valence-corrected chi connectivity index (χ3v) is 4.16. The maximum atomic E-state index is 12.4. The maximum Gasteiger partial charge on any atom is 0.289 e. The zero-order valence-corrected chi connectivity index (χ0v) is 14.1. The van der Waals surface area contributed by atoms with Crippen molar-refractivity contribution in [2.75, 3.05) is 11.4 Å². The molecule has 2 heterocycles. The van der Waals surface area contributed by atoms with Gasteiger partial charge in [-0.2, -0.15) is 0 Å². The number of amides is 2. The second kappa shape index (κ2) is 6.47. The second-order valence-corrected chi connectivity index (χ2v) is 6.09. The molecule has 24 heavy (non-hydrogen) atoms. The fourth-order valence-electron chi connectivity index (χ4n) is 2.84. The molecule has 0 bridgehead atoms. The van der Waals surface area contributed by atoms with Gasteiger partial charge in [0, 0.05) is 25.1 Å². The third kappa shape index (κ3) is 3.18. The van der Waals surface area contributed by atoms with Crippen LogP contribution < -0.4 is 10.2 Å². The smallest absolute Gasteiger partial charge is 0.289 e. The molecule has 0 aliphatic carbocycles. The lowest BCUT2D eigenvalue weighted by Gasteiger charge is -2.17. The first-order valence-corrected chi connectivity index (χ1v) is 8.12. The summed E-state index contributed by atoms with van der Waals surface area (Å²) in [5.74, 6) is 0.463. The zero-order chi connectivity index (χ0) is 17.3. The van der Waals surface area contributed by atoms with Gasteiger partial charge in [0.25, 0.3) is 5.91 Å². The average molecular weight is 327 g/mol. The van der Waals surface area contributed by atoms with Gasteiger partial charge in [0.1, 0.15) is 0 Å². The van der Waals surface area contributed by atoms with E-state index < -0.39 is 0 Å². The fraction of sp³-hybridized carbons (Fsp3) is 0.389. The van der Waals surface area contributed by atoms with Crippen LogP contribution in [0.25, 0.3) is 0 Å². The summed E-state index contributed by atoms with van der Waals surface area (Å²) in [6.07, 6.45) is 0.921. The van der Waals surface area contributed by atoms with Crippen LogP contribution in [0.1, 0.15) is 41.0 Å². The minimum Gasteiger partial charge on any atom is -0.435 e. The van der Waals surface area contributed by atoms with Crippen LogP contribution in [-0.4, -0.2) is 29.4 Å². The van der Waals surface area contributed by atoms with Crippen LogP contribution in [0.3, 0.4) is 0 Å². The number of rotatable bonds is 4. The molecule has 1 aliphatic rings. The Morgan fingerprint density at radius 3 is 2.67 bits per heavy atom. The number of aryl methyl sites for hydroxylation is 3. The van der Waals surface area contributed by atoms with Gasteiger partial charge in [-0.1, -0.05) is 24.6 Å². The molecule has 1 saturated heterocycles. The maximum absolute atomic E-state index is 12.4. The number of hydrogen-bond donors (Lipinski definition) is 1. The molecular weight excluding hydrogens is 306 g/mol. The van der Waals surface area contributed by atoms with Crippen molar-refractivity contribution in [2.45, 2.75) is 39.7 Å². The highest BCUT2D eigenvalue weighted by atomic mass is 16.4. The molecule has 1 N–H and O–H groups in total. The van der Waals surface area contributed by atoms with Crippen LogP contribution in [0.4, 0.5) is 5.69 Å². The topological polar surface area (TPSA) is 75.4 Å². The Bertz CT molecular complexity index is 764. The molecule has 2 aromatic rings. The van der Waals surface area contributed by atoms with Gasteiger partial charge in [-0.15, -0.1) is 0 Å². The van der Waals surface area contributed by atoms with Gasteiger partial charge >= 0.3 is 0 Å². The van der Waals surface area contributed by atoms with Gasteiger partial charge in [-0.25, -0.2) is 4.98 Å². The highest BCUT2D eigenvalue weighted by molar-refractivity contribution is 5.98. The lowest BCUT2D eigenvalue weighted by atomic mass is 10.2. The Labute approximate surface area is 140 Å². The van der Waals surface area contributed by atoms with Crippen LogP contribution in [0.5, 0.6) is 0 Å². The molecule has 1 aromatic heterocycles. The van der Waals surface area contributed by atoms with Gasteiger partial charge in [0.15, 0.2) is 5.89 Å². The first-order chi connectivity index (χ1) is 11.5. The third-order valence-electron chi connectivity index (χ3n) is 4.16. The Morgan fingerprint density at radius 2 is 2.04 bits per heavy atom. The van der Waals surface area contributed by atoms with E-state index in [1.54, 1.807) is 11.8 Å². The van der Waals surface area contributed by atoms with Crippen molar-refractivity contribution >= 4 is 17.5 Å². The van der Waals surface area contributed by atoms with Crippen molar-refractivity contribution in [3.8, 4) is 0 Å². The Morgan fingerprint density at radius 1 is 1.33 bits per heavy atom. The number of anilines is 1. The predicted molar refractivity (Wildman–Crippen MR) is 90.0 cm³/mol. The van der Waals surface area contributed by atoms with Crippen LogP contribution in [0.15, 0.2) is 28.7 Å². The molecule has 1 aromatic carbocycles. The summed E-state index contributed by atoms with van der Waals surface area (Å²) in [6, 6.07) is 7.55. The summed E-state index contributed by atoms with van der Waals surface area (Å²) < 4.78 is 5.47. The van der Waals surface area contributed by atoms with E-state index in [1.165, 1.54) is 0 Å². The molecule has 3 rings (SSSR count). The lowest BCUT2D eigenvalue weighted by molar-refractivity contribution is -0.117. The second-order valence-electron chi connectivity index (χ2n) is 6.09. The monoisotopic (exact) mass is 327 g/mol. The van der Waals surface area contributed by atoms with E-state index >= 15 is 0 Å². The minimum absolute atomic E-state index is 0.00712. The molecule has 0 saturated carbocycles. The van der Waals surface area contributed by atoms with E-state index in [1.807, 2.05) is 38.1 Å². The van der Waals surface area contributed by atoms with E-state index in [0.717, 1.165) is 11.3 Å². The van der Waals surface area contributed by atoms with Crippen molar-refractivity contribution in [3.05, 3.63) is 47.2 Å². The zero-order valence-electron chi connectivity index (χ0n) is 14.1. The molecule has 0 radical (unpaired) electrons. The minimum atomic E-state index is -0.316. The van der Waals surface area contributed by atoms with Crippen LogP contribution >= 0.6 is 0 Å². The van der Waals surface area contributed by atoms with E-state index in [9.17, 15) is 9.59 Å². The molecule has 6 heteroatoms. The van der Waals surface area contributed by atoms with Gasteiger partial charge in [0.05, 0.1) is 11.7 Å². The van der Waals surface area contributed by atoms with Crippen molar-refractivity contribution < 1.29 is 14.0 Å². The molecular formula is C18H21N3O3. The van der Waals surface area contributed by atoms with E-state index in [0.29, 0.717) is 24.6 Å². The Kier molecular flexibility index (Phi) is 4.38. The molecule has 0 spiro atoms. The van der Waals surface area contributed by atoms with Crippen LogP contribution in [0.2, 0.25) is 0 Å². The average Bonchev–Trinajstić information content (AvgIpc) is 3.11. The van der Waals surface area contributed by atoms with Gasteiger partial charge in [-0.3, -0.25) is 9.59 Å². The lowest BCUT2D eigenvalue weighted by Crippen LogP contribution is -2.37. The number of carbonyl (C=O) groups is 2. The highest BCUT2D eigenvalue weighted by Gasteiger charge is 2.32. The summed E-state index contributed by atoms with van der Waals surface area (Å²) in [5, 5.41) is 2.88. The SMILES string of the molecule is CCc1nc(C)c(C(=O)N[C@H]2CC(=O)N(c3ccc(C)cc3)C2)o1. The number of nitrogens with zero attached hydrogens (tertiary/aromatic N) is 2. The number of benzene rings is 1. The quantitative estimate of drug-likeness (QED) is 0.935. The predicted octanol–water partition coefficient (Wildman–Crippen LogP) is 2.39. The summed E-state index contributed by atoms with van der Waals surface area (Å²) >= 11 is 0. The number of aromatic nitrogens is 1. The van der Waals surface area contributed by atoms with E-state index in [2.05, 4.69) is 10.3 Å². The molecule has 6 nitrogen and oxygen atoms in total. The van der Waals surface area contributed by atoms with Gasteiger partial charge in [0.2, 0.25) is 11.7 Å². The van der Waals surface area contributed by atoms with Crippen molar-refractivity contribution in [3.63, 3.8) is 0 Å². The molecule has 0 unspecified atom stereocenters. The summed E-state index contributed by atoms with van der Waals surface area (Å²) in [4.78, 5) is 30.5. The molecule has 2 amide bonds. The molecule has 1 atom stereocenters. The van der Waals surface area contributed by atoms with Crippen molar-refractivity contribution in [1.82, 2.24) is 10.3 Å². The largest absolute Gasteiger partial charge is 0.435 e. The summed E-state index contributed by atoms with van der Waals surface area (Å²) in [5.41, 5.74) is 2.57. The summed E-state index contributed by atoms with van der Waals surface area (Å²) in [7, 11) is 0.